The quantitative estimate of drug-likeness (QED) is 0.614. The van der Waals surface area contributed by atoms with E-state index in [1.165, 1.54) is 4.57 Å². The molecule has 1 aromatic heterocycles. The molecular formula is C12H17F3N2OS. The van der Waals surface area contributed by atoms with Crippen LogP contribution in [-0.4, -0.2) is 9.13 Å². The molecule has 0 amide bonds. The van der Waals surface area contributed by atoms with Crippen molar-refractivity contribution in [1.29, 1.82) is 0 Å². The van der Waals surface area contributed by atoms with Crippen molar-refractivity contribution in [2.75, 3.05) is 0 Å². The Balaban J connectivity index is 3.07. The summed E-state index contributed by atoms with van der Waals surface area (Å²) in [4.78, 5) is 11.9. The van der Waals surface area contributed by atoms with Crippen molar-refractivity contribution in [2.24, 2.45) is 7.05 Å². The molecule has 0 spiro atoms. The van der Waals surface area contributed by atoms with Gasteiger partial charge in [-0.25, -0.2) is 4.79 Å². The van der Waals surface area contributed by atoms with Gasteiger partial charge in [-0.3, -0.25) is 9.13 Å². The third kappa shape index (κ3) is 3.92. The smallest absolute Gasteiger partial charge is 0.292 e. The van der Waals surface area contributed by atoms with Crippen molar-refractivity contribution in [1.82, 2.24) is 9.13 Å². The molecule has 0 unspecified atom stereocenters. The van der Waals surface area contributed by atoms with Gasteiger partial charge in [0.2, 0.25) is 0 Å². The van der Waals surface area contributed by atoms with Crippen LogP contribution >= 0.6 is 12.2 Å². The second-order valence-electron chi connectivity index (χ2n) is 4.42. The Hall–Kier alpha value is -1.11. The molecule has 19 heavy (non-hydrogen) atoms. The molecule has 0 aliphatic carbocycles. The second-order valence-corrected chi connectivity index (χ2v) is 4.84. The van der Waals surface area contributed by atoms with Gasteiger partial charge >= 0.3 is 11.9 Å². The number of alkyl halides is 3. The molecule has 0 aliphatic heterocycles. The van der Waals surface area contributed by atoms with Gasteiger partial charge in [0.25, 0.3) is 0 Å². The zero-order chi connectivity index (χ0) is 14.6. The van der Waals surface area contributed by atoms with E-state index in [9.17, 15) is 18.0 Å². The van der Waals surface area contributed by atoms with Gasteiger partial charge in [-0.15, -0.1) is 0 Å². The van der Waals surface area contributed by atoms with Crippen LogP contribution in [0.4, 0.5) is 13.2 Å². The summed E-state index contributed by atoms with van der Waals surface area (Å²) >= 11 is 4.88. The molecule has 0 fully saturated rings. The summed E-state index contributed by atoms with van der Waals surface area (Å²) in [5.41, 5.74) is -1.72. The lowest BCUT2D eigenvalue weighted by atomic mass is 10.2. The highest BCUT2D eigenvalue weighted by atomic mass is 32.1. The molecule has 1 heterocycles. The Morgan fingerprint density at radius 1 is 1.26 bits per heavy atom. The van der Waals surface area contributed by atoms with E-state index >= 15 is 0 Å². The highest BCUT2D eigenvalue weighted by Gasteiger charge is 2.34. The number of halogens is 3. The second kappa shape index (κ2) is 6.36. The van der Waals surface area contributed by atoms with E-state index in [2.05, 4.69) is 6.92 Å². The first-order valence-corrected chi connectivity index (χ1v) is 6.58. The Morgan fingerprint density at radius 2 is 1.89 bits per heavy atom. The van der Waals surface area contributed by atoms with Gasteiger partial charge in [-0.2, -0.15) is 13.2 Å². The number of hydrogen-bond acceptors (Lipinski definition) is 2. The van der Waals surface area contributed by atoms with Crippen molar-refractivity contribution in [2.45, 2.75) is 45.3 Å². The summed E-state index contributed by atoms with van der Waals surface area (Å²) in [7, 11) is 1.11. The standard InChI is InChI=1S/C12H17F3N2OS/c1-3-4-5-6-7-17-10(19)8-9(12(13,14)15)16(2)11(17)18/h8H,3-7H2,1-2H3. The van der Waals surface area contributed by atoms with Gasteiger partial charge in [0.1, 0.15) is 10.3 Å². The summed E-state index contributed by atoms with van der Waals surface area (Å²) in [6, 6.07) is 0.844. The van der Waals surface area contributed by atoms with Gasteiger partial charge in [-0.05, 0) is 6.42 Å². The predicted octanol–water partition coefficient (Wildman–Crippen LogP) is 3.52. The molecule has 1 rings (SSSR count). The lowest BCUT2D eigenvalue weighted by Gasteiger charge is -2.14. The van der Waals surface area contributed by atoms with Crippen LogP contribution in [-0.2, 0) is 19.8 Å². The minimum atomic E-state index is -4.57. The number of nitrogens with zero attached hydrogens (tertiary/aromatic N) is 2. The van der Waals surface area contributed by atoms with Gasteiger partial charge < -0.3 is 0 Å². The Morgan fingerprint density at radius 3 is 2.42 bits per heavy atom. The molecule has 0 aliphatic rings. The normalized spacial score (nSPS) is 11.8. The number of hydrogen-bond donors (Lipinski definition) is 0. The van der Waals surface area contributed by atoms with Crippen molar-refractivity contribution in [3.8, 4) is 0 Å². The zero-order valence-electron chi connectivity index (χ0n) is 11.0. The molecule has 1 aromatic rings. The third-order valence-corrected chi connectivity index (χ3v) is 3.27. The van der Waals surface area contributed by atoms with Crippen LogP contribution in [0.2, 0.25) is 0 Å². The van der Waals surface area contributed by atoms with Crippen molar-refractivity contribution in [3.63, 3.8) is 0 Å². The molecule has 0 radical (unpaired) electrons. The number of aromatic nitrogens is 2. The molecular weight excluding hydrogens is 277 g/mol. The van der Waals surface area contributed by atoms with Crippen LogP contribution in [0.1, 0.15) is 38.3 Å². The van der Waals surface area contributed by atoms with Gasteiger partial charge in [-0.1, -0.05) is 38.4 Å². The van der Waals surface area contributed by atoms with Gasteiger partial charge in [0.05, 0.1) is 0 Å². The highest BCUT2D eigenvalue weighted by molar-refractivity contribution is 7.71. The Kier molecular flexibility index (Phi) is 5.34. The largest absolute Gasteiger partial charge is 0.431 e. The summed E-state index contributed by atoms with van der Waals surface area (Å²) < 4.78 is 39.8. The number of rotatable bonds is 5. The molecule has 0 saturated heterocycles. The van der Waals surface area contributed by atoms with Crippen molar-refractivity contribution < 1.29 is 13.2 Å². The van der Waals surface area contributed by atoms with Crippen LogP contribution in [0.3, 0.4) is 0 Å². The first-order chi connectivity index (χ1) is 8.79. The van der Waals surface area contributed by atoms with E-state index < -0.39 is 17.6 Å². The predicted molar refractivity (Wildman–Crippen MR) is 69.7 cm³/mol. The van der Waals surface area contributed by atoms with E-state index in [1.807, 2.05) is 0 Å². The van der Waals surface area contributed by atoms with Gasteiger partial charge in [0, 0.05) is 19.7 Å². The van der Waals surface area contributed by atoms with E-state index in [-0.39, 0.29) is 4.64 Å². The van der Waals surface area contributed by atoms with Crippen LogP contribution in [0, 0.1) is 4.64 Å². The van der Waals surface area contributed by atoms with Crippen molar-refractivity contribution in [3.05, 3.63) is 26.9 Å². The molecule has 3 nitrogen and oxygen atoms in total. The fourth-order valence-corrected chi connectivity index (χ4v) is 2.13. The van der Waals surface area contributed by atoms with E-state index in [1.54, 1.807) is 0 Å². The average molecular weight is 294 g/mol. The zero-order valence-corrected chi connectivity index (χ0v) is 11.8. The van der Waals surface area contributed by atoms with E-state index in [0.717, 1.165) is 38.8 Å². The Bertz CT molecular complexity index is 545. The van der Waals surface area contributed by atoms with E-state index in [4.69, 9.17) is 12.2 Å². The maximum Gasteiger partial charge on any atom is 0.431 e. The molecule has 7 heteroatoms. The van der Waals surface area contributed by atoms with Crippen LogP contribution in [0.15, 0.2) is 10.9 Å². The minimum absolute atomic E-state index is 0.0630. The number of unbranched alkanes of at least 4 members (excludes halogenated alkanes) is 3. The molecule has 0 saturated carbocycles. The monoisotopic (exact) mass is 294 g/mol. The minimum Gasteiger partial charge on any atom is -0.292 e. The first kappa shape index (κ1) is 15.9. The third-order valence-electron chi connectivity index (χ3n) is 2.93. The van der Waals surface area contributed by atoms with E-state index in [0.29, 0.717) is 11.1 Å². The maximum absolute atomic E-state index is 12.7. The van der Waals surface area contributed by atoms with Crippen LogP contribution < -0.4 is 5.69 Å². The summed E-state index contributed by atoms with van der Waals surface area (Å²) in [6.07, 6.45) is -0.807. The van der Waals surface area contributed by atoms with Crippen LogP contribution in [0.5, 0.6) is 0 Å². The molecule has 0 aromatic carbocycles. The summed E-state index contributed by atoms with van der Waals surface area (Å²) in [6.45, 7) is 2.42. The van der Waals surface area contributed by atoms with Crippen molar-refractivity contribution >= 4 is 12.2 Å². The topological polar surface area (TPSA) is 26.9 Å². The SMILES string of the molecule is CCCCCCn1c(=S)cc(C(F)(F)F)n(C)c1=O. The fraction of sp³-hybridized carbons (Fsp3) is 0.667. The summed E-state index contributed by atoms with van der Waals surface area (Å²) in [5.74, 6) is 0. The van der Waals surface area contributed by atoms with Gasteiger partial charge in [0.15, 0.2) is 0 Å². The summed E-state index contributed by atoms with van der Waals surface area (Å²) in [5, 5.41) is 0. The first-order valence-electron chi connectivity index (χ1n) is 6.17. The van der Waals surface area contributed by atoms with Crippen LogP contribution in [0.25, 0.3) is 0 Å². The lowest BCUT2D eigenvalue weighted by molar-refractivity contribution is -0.144. The Labute approximate surface area is 114 Å². The molecule has 0 atom stereocenters. The average Bonchev–Trinajstić information content (AvgIpc) is 2.31. The molecule has 0 N–H and O–H groups in total. The molecule has 0 bridgehead atoms. The fourth-order valence-electron chi connectivity index (χ4n) is 1.84. The lowest BCUT2D eigenvalue weighted by Crippen LogP contribution is -2.34. The maximum atomic E-state index is 12.7. The molecule has 108 valence electrons. The highest BCUT2D eigenvalue weighted by Crippen LogP contribution is 2.27.